The predicted molar refractivity (Wildman–Crippen MR) is 65.8 cm³/mol. The Balaban J connectivity index is 3.25. The Bertz CT molecular complexity index is 335. The van der Waals surface area contributed by atoms with Crippen LogP contribution >= 0.6 is 11.8 Å². The fraction of sp³-hybridized carbons (Fsp3) is 0.455. The third kappa shape index (κ3) is 1.98. The Morgan fingerprint density at radius 3 is 2.36 bits per heavy atom. The molecule has 0 aliphatic heterocycles. The van der Waals surface area contributed by atoms with Gasteiger partial charge in [0.05, 0.1) is 5.69 Å². The summed E-state index contributed by atoms with van der Waals surface area (Å²) in [5.74, 6) is 1.04. The second kappa shape index (κ2) is 4.60. The molecular weight excluding hydrogens is 192 g/mol. The number of aryl methyl sites for hydroxylation is 1. The number of benzene rings is 1. The fourth-order valence-electron chi connectivity index (χ4n) is 1.45. The van der Waals surface area contributed by atoms with Crippen molar-refractivity contribution in [1.29, 1.82) is 0 Å². The number of hydrogen-bond donors (Lipinski definition) is 2. The SMILES string of the molecule is CCSc1cc(CC)c(N)c(C)c1N. The molecule has 78 valence electrons. The van der Waals surface area contributed by atoms with Crippen molar-refractivity contribution in [2.24, 2.45) is 0 Å². The number of nitrogens with two attached hydrogens (primary N) is 2. The molecule has 0 heterocycles. The minimum atomic E-state index is 0.839. The van der Waals surface area contributed by atoms with E-state index in [-0.39, 0.29) is 0 Å². The summed E-state index contributed by atoms with van der Waals surface area (Å²) < 4.78 is 0. The summed E-state index contributed by atoms with van der Waals surface area (Å²) in [6, 6.07) is 2.12. The minimum Gasteiger partial charge on any atom is -0.398 e. The summed E-state index contributed by atoms with van der Waals surface area (Å²) in [6.45, 7) is 6.23. The van der Waals surface area contributed by atoms with Crippen LogP contribution in [0.3, 0.4) is 0 Å². The number of hydrogen-bond acceptors (Lipinski definition) is 3. The Labute approximate surface area is 90.1 Å². The summed E-state index contributed by atoms with van der Waals surface area (Å²) in [5.41, 5.74) is 15.9. The lowest BCUT2D eigenvalue weighted by molar-refractivity contribution is 1.12. The van der Waals surface area contributed by atoms with Gasteiger partial charge in [-0.05, 0) is 36.3 Å². The van der Waals surface area contributed by atoms with Crippen LogP contribution in [0.4, 0.5) is 11.4 Å². The topological polar surface area (TPSA) is 52.0 Å². The molecule has 3 heteroatoms. The highest BCUT2D eigenvalue weighted by molar-refractivity contribution is 7.99. The monoisotopic (exact) mass is 210 g/mol. The molecule has 1 aromatic rings. The quantitative estimate of drug-likeness (QED) is 0.596. The normalized spacial score (nSPS) is 10.5. The average molecular weight is 210 g/mol. The Hall–Kier alpha value is -0.830. The maximum Gasteiger partial charge on any atom is 0.0502 e. The molecule has 0 amide bonds. The highest BCUT2D eigenvalue weighted by Gasteiger charge is 2.09. The fourth-order valence-corrected chi connectivity index (χ4v) is 2.30. The first kappa shape index (κ1) is 11.2. The van der Waals surface area contributed by atoms with E-state index in [0.29, 0.717) is 0 Å². The maximum absolute atomic E-state index is 5.99. The Kier molecular flexibility index (Phi) is 3.69. The lowest BCUT2D eigenvalue weighted by atomic mass is 10.0. The largest absolute Gasteiger partial charge is 0.398 e. The lowest BCUT2D eigenvalue weighted by Gasteiger charge is -2.13. The molecule has 0 unspecified atom stereocenters. The number of rotatable bonds is 3. The van der Waals surface area contributed by atoms with Crippen LogP contribution in [-0.4, -0.2) is 5.75 Å². The van der Waals surface area contributed by atoms with E-state index in [4.69, 9.17) is 11.5 Å². The zero-order valence-corrected chi connectivity index (χ0v) is 9.87. The van der Waals surface area contributed by atoms with Crippen LogP contribution in [0.25, 0.3) is 0 Å². The molecule has 1 rings (SSSR count). The van der Waals surface area contributed by atoms with Gasteiger partial charge in [0.1, 0.15) is 0 Å². The van der Waals surface area contributed by atoms with E-state index < -0.39 is 0 Å². The van der Waals surface area contributed by atoms with Gasteiger partial charge in [0, 0.05) is 10.6 Å². The zero-order valence-electron chi connectivity index (χ0n) is 9.05. The van der Waals surface area contributed by atoms with Crippen molar-refractivity contribution >= 4 is 23.1 Å². The Morgan fingerprint density at radius 2 is 1.86 bits per heavy atom. The first-order valence-electron chi connectivity index (χ1n) is 4.92. The molecule has 0 saturated heterocycles. The van der Waals surface area contributed by atoms with E-state index in [2.05, 4.69) is 19.9 Å². The van der Waals surface area contributed by atoms with Crippen molar-refractivity contribution in [1.82, 2.24) is 0 Å². The number of nitrogen functional groups attached to an aromatic ring is 2. The molecule has 1 aromatic carbocycles. The van der Waals surface area contributed by atoms with E-state index in [1.54, 1.807) is 11.8 Å². The van der Waals surface area contributed by atoms with Crippen LogP contribution in [0, 0.1) is 6.92 Å². The van der Waals surface area contributed by atoms with Crippen LogP contribution in [0.5, 0.6) is 0 Å². The molecule has 0 aliphatic carbocycles. The number of thioether (sulfide) groups is 1. The van der Waals surface area contributed by atoms with Gasteiger partial charge in [0.2, 0.25) is 0 Å². The van der Waals surface area contributed by atoms with Gasteiger partial charge in [-0.15, -0.1) is 11.8 Å². The molecule has 0 spiro atoms. The molecule has 0 atom stereocenters. The number of anilines is 2. The van der Waals surface area contributed by atoms with E-state index in [1.165, 1.54) is 5.56 Å². The Morgan fingerprint density at radius 1 is 1.21 bits per heavy atom. The van der Waals surface area contributed by atoms with Crippen molar-refractivity contribution in [3.63, 3.8) is 0 Å². The van der Waals surface area contributed by atoms with E-state index in [9.17, 15) is 0 Å². The lowest BCUT2D eigenvalue weighted by Crippen LogP contribution is -2.02. The predicted octanol–water partition coefficient (Wildman–Crippen LogP) is 2.83. The second-order valence-corrected chi connectivity index (χ2v) is 4.58. The molecular formula is C11H18N2S. The van der Waals surface area contributed by atoms with Gasteiger partial charge in [-0.3, -0.25) is 0 Å². The summed E-state index contributed by atoms with van der Waals surface area (Å²) in [5, 5.41) is 0. The summed E-state index contributed by atoms with van der Waals surface area (Å²) >= 11 is 1.77. The third-order valence-corrected chi connectivity index (χ3v) is 3.34. The molecule has 0 saturated carbocycles. The van der Waals surface area contributed by atoms with Gasteiger partial charge in [-0.2, -0.15) is 0 Å². The molecule has 14 heavy (non-hydrogen) atoms. The van der Waals surface area contributed by atoms with Crippen molar-refractivity contribution in [2.75, 3.05) is 17.2 Å². The van der Waals surface area contributed by atoms with Crippen LogP contribution in [0.1, 0.15) is 25.0 Å². The first-order chi connectivity index (χ1) is 6.61. The van der Waals surface area contributed by atoms with Crippen LogP contribution < -0.4 is 11.5 Å². The van der Waals surface area contributed by atoms with Crippen molar-refractivity contribution in [2.45, 2.75) is 32.1 Å². The highest BCUT2D eigenvalue weighted by atomic mass is 32.2. The standard InChI is InChI=1S/C11H18N2S/c1-4-8-6-9(14-5-2)11(13)7(3)10(8)12/h6H,4-5,12-13H2,1-3H3. The smallest absolute Gasteiger partial charge is 0.0502 e. The van der Waals surface area contributed by atoms with E-state index in [1.807, 2.05) is 6.92 Å². The molecule has 0 aromatic heterocycles. The maximum atomic E-state index is 5.99. The summed E-state index contributed by atoms with van der Waals surface area (Å²) in [6.07, 6.45) is 0.963. The summed E-state index contributed by atoms with van der Waals surface area (Å²) in [4.78, 5) is 1.16. The van der Waals surface area contributed by atoms with Gasteiger partial charge in [0.25, 0.3) is 0 Å². The van der Waals surface area contributed by atoms with E-state index >= 15 is 0 Å². The second-order valence-electron chi connectivity index (χ2n) is 3.27. The van der Waals surface area contributed by atoms with Gasteiger partial charge in [-0.25, -0.2) is 0 Å². The third-order valence-electron chi connectivity index (χ3n) is 2.41. The van der Waals surface area contributed by atoms with Gasteiger partial charge in [-0.1, -0.05) is 13.8 Å². The molecule has 2 nitrogen and oxygen atoms in total. The van der Waals surface area contributed by atoms with Crippen LogP contribution in [0.15, 0.2) is 11.0 Å². The zero-order chi connectivity index (χ0) is 10.7. The van der Waals surface area contributed by atoms with Crippen LogP contribution in [0.2, 0.25) is 0 Å². The molecule has 0 aliphatic rings. The first-order valence-corrected chi connectivity index (χ1v) is 5.90. The van der Waals surface area contributed by atoms with Gasteiger partial charge in [0.15, 0.2) is 0 Å². The van der Waals surface area contributed by atoms with E-state index in [0.717, 1.165) is 34.0 Å². The molecule has 0 fully saturated rings. The molecule has 0 radical (unpaired) electrons. The minimum absolute atomic E-state index is 0.839. The van der Waals surface area contributed by atoms with Gasteiger partial charge < -0.3 is 11.5 Å². The van der Waals surface area contributed by atoms with Crippen molar-refractivity contribution < 1.29 is 0 Å². The van der Waals surface area contributed by atoms with Crippen molar-refractivity contribution in [3.8, 4) is 0 Å². The van der Waals surface area contributed by atoms with Crippen molar-refractivity contribution in [3.05, 3.63) is 17.2 Å². The van der Waals surface area contributed by atoms with Crippen LogP contribution in [-0.2, 0) is 6.42 Å². The highest BCUT2D eigenvalue weighted by Crippen LogP contribution is 2.33. The summed E-state index contributed by atoms with van der Waals surface area (Å²) in [7, 11) is 0. The molecule has 0 bridgehead atoms. The molecule has 4 N–H and O–H groups in total. The average Bonchev–Trinajstić information content (AvgIpc) is 2.19. The van der Waals surface area contributed by atoms with Gasteiger partial charge >= 0.3 is 0 Å².